The number of benzene rings is 2. The fraction of sp³-hybridized carbons (Fsp3) is 0.370. The highest BCUT2D eigenvalue weighted by Crippen LogP contribution is 2.48. The van der Waals surface area contributed by atoms with Crippen molar-refractivity contribution in [2.45, 2.75) is 37.6 Å². The van der Waals surface area contributed by atoms with Gasteiger partial charge < -0.3 is 25.0 Å². The van der Waals surface area contributed by atoms with Crippen LogP contribution in [0.1, 0.15) is 42.4 Å². The summed E-state index contributed by atoms with van der Waals surface area (Å²) in [5, 5.41) is 13.1. The zero-order valence-electron chi connectivity index (χ0n) is 20.6. The number of carboxylic acid groups (broad SMARTS) is 1. The van der Waals surface area contributed by atoms with Crippen LogP contribution in [0.4, 0.5) is 27.5 Å². The molecule has 0 amide bonds. The van der Waals surface area contributed by atoms with Gasteiger partial charge in [-0.1, -0.05) is 18.5 Å². The maximum atomic E-state index is 14.2. The molecule has 3 aromatic rings. The van der Waals surface area contributed by atoms with Gasteiger partial charge in [0, 0.05) is 54.0 Å². The monoisotopic (exact) mass is 523 g/mol. The van der Waals surface area contributed by atoms with Crippen LogP contribution in [0.2, 0.25) is 5.02 Å². The van der Waals surface area contributed by atoms with Gasteiger partial charge in [0.05, 0.1) is 19.2 Å². The summed E-state index contributed by atoms with van der Waals surface area (Å²) < 4.78 is 20.2. The van der Waals surface area contributed by atoms with Gasteiger partial charge in [-0.05, 0) is 48.9 Å². The van der Waals surface area contributed by atoms with Gasteiger partial charge in [-0.25, -0.2) is 9.37 Å². The molecule has 0 spiro atoms. The van der Waals surface area contributed by atoms with Crippen molar-refractivity contribution in [1.29, 1.82) is 0 Å². The molecule has 3 aliphatic rings. The van der Waals surface area contributed by atoms with E-state index in [0.29, 0.717) is 47.1 Å². The maximum absolute atomic E-state index is 14.2. The molecule has 6 rings (SSSR count). The number of rotatable bonds is 5. The Morgan fingerprint density at radius 1 is 1.35 bits per heavy atom. The van der Waals surface area contributed by atoms with Crippen molar-refractivity contribution < 1.29 is 19.0 Å². The Kier molecular flexibility index (Phi) is 5.72. The lowest BCUT2D eigenvalue weighted by Gasteiger charge is -2.36. The van der Waals surface area contributed by atoms with Crippen molar-refractivity contribution >= 4 is 40.7 Å². The molecule has 2 unspecified atom stereocenters. The van der Waals surface area contributed by atoms with Crippen molar-refractivity contribution in [3.05, 3.63) is 64.1 Å². The van der Waals surface area contributed by atoms with Crippen LogP contribution >= 0.6 is 11.6 Å². The molecule has 10 heteroatoms. The fourth-order valence-electron chi connectivity index (χ4n) is 6.00. The summed E-state index contributed by atoms with van der Waals surface area (Å²) in [4.78, 5) is 24.9. The number of fused-ring (bicyclic) bond motifs is 1. The van der Waals surface area contributed by atoms with E-state index >= 15 is 0 Å². The molecule has 2 atom stereocenters. The Bertz CT molecular complexity index is 1420. The van der Waals surface area contributed by atoms with Crippen molar-refractivity contribution in [3.63, 3.8) is 0 Å². The van der Waals surface area contributed by atoms with E-state index in [1.807, 2.05) is 17.9 Å². The van der Waals surface area contributed by atoms with E-state index in [-0.39, 0.29) is 6.42 Å². The number of anilines is 4. The van der Waals surface area contributed by atoms with Crippen LogP contribution in [0, 0.1) is 5.82 Å². The third-order valence-electron chi connectivity index (χ3n) is 7.52. The Labute approximate surface area is 219 Å². The van der Waals surface area contributed by atoms with Crippen LogP contribution in [-0.4, -0.2) is 52.7 Å². The fourth-order valence-corrected chi connectivity index (χ4v) is 6.19. The lowest BCUT2D eigenvalue weighted by Crippen LogP contribution is -2.33. The van der Waals surface area contributed by atoms with Gasteiger partial charge in [-0.15, -0.1) is 0 Å². The number of hydrogen-bond donors (Lipinski definition) is 2. The topological polar surface area (TPSA) is 90.8 Å². The molecule has 2 aromatic carbocycles. The molecule has 1 aromatic heterocycles. The molecule has 37 heavy (non-hydrogen) atoms. The molecule has 0 bridgehead atoms. The SMILES string of the molecule is CN1Cc2cc(Nc3ncc(Cl)c(N4CC(C)(CC(=O)O)c5cc(F)ccc54)n3)cc3c2C(CCO3)C1. The number of carboxylic acids is 1. The van der Waals surface area contributed by atoms with Crippen LogP contribution in [0.25, 0.3) is 0 Å². The molecule has 4 heterocycles. The van der Waals surface area contributed by atoms with Gasteiger partial charge in [0.15, 0.2) is 5.82 Å². The first-order chi connectivity index (χ1) is 17.7. The van der Waals surface area contributed by atoms with Crippen LogP contribution in [0.15, 0.2) is 36.5 Å². The van der Waals surface area contributed by atoms with Gasteiger partial charge in [0.25, 0.3) is 0 Å². The first kappa shape index (κ1) is 23.9. The Morgan fingerprint density at radius 3 is 3.00 bits per heavy atom. The molecule has 2 N–H and O–H groups in total. The number of hydrogen-bond acceptors (Lipinski definition) is 7. The number of nitrogens with one attached hydrogen (secondary N) is 1. The first-order valence-corrected chi connectivity index (χ1v) is 12.6. The van der Waals surface area contributed by atoms with Gasteiger partial charge in [-0.2, -0.15) is 4.98 Å². The van der Waals surface area contributed by atoms with Gasteiger partial charge >= 0.3 is 5.97 Å². The zero-order chi connectivity index (χ0) is 25.9. The summed E-state index contributed by atoms with van der Waals surface area (Å²) in [5.74, 6) is 0.778. The average Bonchev–Trinajstić information content (AvgIpc) is 3.11. The highest BCUT2D eigenvalue weighted by atomic mass is 35.5. The summed E-state index contributed by atoms with van der Waals surface area (Å²) in [7, 11) is 2.13. The maximum Gasteiger partial charge on any atom is 0.304 e. The second-order valence-corrected chi connectivity index (χ2v) is 10.9. The minimum atomic E-state index is -0.956. The van der Waals surface area contributed by atoms with E-state index in [1.165, 1.54) is 29.5 Å². The standard InChI is InChI=1S/C27H27ClFN5O3/c1-27(10-23(35)36)14-34(21-4-3-17(29)8-19(21)27)25-20(28)11-30-26(32-25)31-18-7-16-13-33(2)12-15-5-6-37-22(9-18)24(15)16/h3-4,7-9,11,15H,5-6,10,12-14H2,1-2H3,(H,35,36)(H,30,31,32). The summed E-state index contributed by atoms with van der Waals surface area (Å²) in [6, 6.07) is 8.50. The lowest BCUT2D eigenvalue weighted by molar-refractivity contribution is -0.138. The summed E-state index contributed by atoms with van der Waals surface area (Å²) in [5.41, 5.74) is 3.82. The summed E-state index contributed by atoms with van der Waals surface area (Å²) >= 11 is 6.55. The largest absolute Gasteiger partial charge is 0.493 e. The zero-order valence-corrected chi connectivity index (χ0v) is 21.3. The predicted molar refractivity (Wildman–Crippen MR) is 139 cm³/mol. The van der Waals surface area contributed by atoms with E-state index in [2.05, 4.69) is 28.3 Å². The molecule has 192 valence electrons. The number of carbonyl (C=O) groups is 1. The number of halogens is 2. The summed E-state index contributed by atoms with van der Waals surface area (Å²) in [6.45, 7) is 4.67. The van der Waals surface area contributed by atoms with Gasteiger partial charge in [0.2, 0.25) is 5.95 Å². The smallest absolute Gasteiger partial charge is 0.304 e. The van der Waals surface area contributed by atoms with E-state index in [1.54, 1.807) is 6.07 Å². The van der Waals surface area contributed by atoms with Gasteiger partial charge in [-0.3, -0.25) is 4.79 Å². The first-order valence-electron chi connectivity index (χ1n) is 12.3. The number of nitrogens with zero attached hydrogens (tertiary/aromatic N) is 4. The lowest BCUT2D eigenvalue weighted by atomic mass is 9.81. The molecule has 3 aliphatic heterocycles. The van der Waals surface area contributed by atoms with Crippen molar-refractivity contribution in [3.8, 4) is 5.75 Å². The molecule has 0 fully saturated rings. The van der Waals surface area contributed by atoms with Crippen molar-refractivity contribution in [2.24, 2.45) is 0 Å². The number of ether oxygens (including phenoxy) is 1. The molecule has 0 saturated carbocycles. The highest BCUT2D eigenvalue weighted by molar-refractivity contribution is 6.33. The molecule has 0 radical (unpaired) electrons. The third-order valence-corrected chi connectivity index (χ3v) is 7.78. The Morgan fingerprint density at radius 2 is 2.19 bits per heavy atom. The molecule has 0 saturated heterocycles. The minimum absolute atomic E-state index is 0.152. The molecule has 8 nitrogen and oxygen atoms in total. The van der Waals surface area contributed by atoms with Crippen LogP contribution in [-0.2, 0) is 16.8 Å². The summed E-state index contributed by atoms with van der Waals surface area (Å²) in [6.07, 6.45) is 2.38. The molecule has 0 aliphatic carbocycles. The van der Waals surface area contributed by atoms with Crippen LogP contribution < -0.4 is 15.0 Å². The third kappa shape index (κ3) is 4.26. The van der Waals surface area contributed by atoms with Crippen LogP contribution in [0.5, 0.6) is 5.75 Å². The van der Waals surface area contributed by atoms with Crippen LogP contribution in [0.3, 0.4) is 0 Å². The quantitative estimate of drug-likeness (QED) is 0.471. The average molecular weight is 524 g/mol. The van der Waals surface area contributed by atoms with Crippen molar-refractivity contribution in [2.75, 3.05) is 37.0 Å². The Balaban J connectivity index is 1.35. The van der Waals surface area contributed by atoms with E-state index < -0.39 is 17.2 Å². The second kappa shape index (κ2) is 8.85. The number of likely N-dealkylation sites (N-methyl/N-ethyl adjacent to an activating group) is 1. The molecular formula is C27H27ClFN5O3. The Hall–Kier alpha value is -3.43. The highest BCUT2D eigenvalue weighted by Gasteiger charge is 2.42. The normalized spacial score (nSPS) is 22.3. The minimum Gasteiger partial charge on any atom is -0.493 e. The predicted octanol–water partition coefficient (Wildman–Crippen LogP) is 5.21. The number of aliphatic carboxylic acids is 1. The number of aromatic nitrogens is 2. The van der Waals surface area contributed by atoms with Crippen molar-refractivity contribution in [1.82, 2.24) is 14.9 Å². The van der Waals surface area contributed by atoms with E-state index in [0.717, 1.165) is 30.9 Å². The van der Waals surface area contributed by atoms with Gasteiger partial charge in [0.1, 0.15) is 16.6 Å². The second-order valence-electron chi connectivity index (χ2n) is 10.4. The van der Waals surface area contributed by atoms with E-state index in [4.69, 9.17) is 21.3 Å². The molecular weight excluding hydrogens is 497 g/mol. The van der Waals surface area contributed by atoms with E-state index in [9.17, 15) is 14.3 Å².